The van der Waals surface area contributed by atoms with Crippen LogP contribution >= 0.6 is 0 Å². The minimum Gasteiger partial charge on any atom is -0.321 e. The molecule has 0 atom stereocenters. The Hall–Kier alpha value is -2.94. The van der Waals surface area contributed by atoms with Crippen molar-refractivity contribution in [1.29, 1.82) is 0 Å². The van der Waals surface area contributed by atoms with E-state index in [9.17, 15) is 4.79 Å². The Morgan fingerprint density at radius 2 is 1.76 bits per heavy atom. The van der Waals surface area contributed by atoms with E-state index in [-0.39, 0.29) is 5.91 Å². The van der Waals surface area contributed by atoms with E-state index in [4.69, 9.17) is 0 Å². The van der Waals surface area contributed by atoms with E-state index in [2.05, 4.69) is 10.3 Å². The van der Waals surface area contributed by atoms with Crippen LogP contribution in [0.2, 0.25) is 0 Å². The summed E-state index contributed by atoms with van der Waals surface area (Å²) < 4.78 is 0. The molecule has 3 aromatic rings. The Morgan fingerprint density at radius 1 is 1.00 bits per heavy atom. The van der Waals surface area contributed by atoms with Crippen LogP contribution in [-0.4, -0.2) is 10.9 Å². The van der Waals surface area contributed by atoms with Gasteiger partial charge in [0.05, 0.1) is 17.4 Å². The van der Waals surface area contributed by atoms with Crippen LogP contribution in [0.3, 0.4) is 0 Å². The van der Waals surface area contributed by atoms with Crippen molar-refractivity contribution in [3.8, 4) is 0 Å². The molecule has 3 heteroatoms. The van der Waals surface area contributed by atoms with Gasteiger partial charge in [-0.2, -0.15) is 0 Å². The lowest BCUT2D eigenvalue weighted by atomic mass is 10.2. The van der Waals surface area contributed by atoms with E-state index >= 15 is 0 Å². The van der Waals surface area contributed by atoms with E-state index in [1.54, 1.807) is 12.3 Å². The molecule has 0 radical (unpaired) electrons. The second kappa shape index (κ2) is 6.01. The number of carbonyl (C=O) groups excluding carboxylic acids is 1. The lowest BCUT2D eigenvalue weighted by Gasteiger charge is -2.03. The largest absolute Gasteiger partial charge is 0.321 e. The first-order valence-corrected chi connectivity index (χ1v) is 6.70. The summed E-state index contributed by atoms with van der Waals surface area (Å²) in [5.74, 6) is -0.170. The number of carbonyl (C=O) groups is 1. The van der Waals surface area contributed by atoms with E-state index < -0.39 is 0 Å². The van der Waals surface area contributed by atoms with Gasteiger partial charge in [-0.25, -0.2) is 0 Å². The number of para-hydroxylation sites is 1. The summed E-state index contributed by atoms with van der Waals surface area (Å²) in [6.07, 6.45) is 4.96. The van der Waals surface area contributed by atoms with Gasteiger partial charge in [-0.1, -0.05) is 48.5 Å². The number of amides is 1. The number of anilines is 1. The maximum absolute atomic E-state index is 11.9. The number of benzene rings is 2. The Morgan fingerprint density at radius 3 is 2.62 bits per heavy atom. The molecule has 0 spiro atoms. The molecule has 1 heterocycles. The highest BCUT2D eigenvalue weighted by Crippen LogP contribution is 2.16. The van der Waals surface area contributed by atoms with Gasteiger partial charge < -0.3 is 5.32 Å². The number of fused-ring (bicyclic) bond motifs is 1. The van der Waals surface area contributed by atoms with Gasteiger partial charge in [0, 0.05) is 11.5 Å². The fourth-order valence-corrected chi connectivity index (χ4v) is 2.06. The van der Waals surface area contributed by atoms with E-state index in [0.717, 1.165) is 16.5 Å². The highest BCUT2D eigenvalue weighted by molar-refractivity contribution is 6.02. The third-order valence-corrected chi connectivity index (χ3v) is 3.08. The average Bonchev–Trinajstić information content (AvgIpc) is 2.54. The first-order valence-electron chi connectivity index (χ1n) is 6.70. The fraction of sp³-hybridized carbons (Fsp3) is 0. The summed E-state index contributed by atoms with van der Waals surface area (Å²) >= 11 is 0. The molecule has 0 aliphatic rings. The summed E-state index contributed by atoms with van der Waals surface area (Å²) in [5.41, 5.74) is 2.59. The lowest BCUT2D eigenvalue weighted by Crippen LogP contribution is -2.07. The van der Waals surface area contributed by atoms with Gasteiger partial charge in [0.15, 0.2) is 0 Å². The maximum Gasteiger partial charge on any atom is 0.248 e. The molecule has 102 valence electrons. The van der Waals surface area contributed by atoms with Crippen LogP contribution in [0.4, 0.5) is 5.69 Å². The van der Waals surface area contributed by atoms with Crippen LogP contribution in [0.15, 0.2) is 72.9 Å². The number of hydrogen-bond acceptors (Lipinski definition) is 2. The first-order chi connectivity index (χ1) is 10.3. The normalized spacial score (nSPS) is 10.9. The van der Waals surface area contributed by atoms with Crippen LogP contribution in [0.1, 0.15) is 5.56 Å². The summed E-state index contributed by atoms with van der Waals surface area (Å²) in [5, 5.41) is 3.82. The van der Waals surface area contributed by atoms with E-state index in [0.29, 0.717) is 5.69 Å². The van der Waals surface area contributed by atoms with Gasteiger partial charge in [-0.3, -0.25) is 9.78 Å². The van der Waals surface area contributed by atoms with Gasteiger partial charge in [0.25, 0.3) is 0 Å². The standard InChI is InChI=1S/C18H14N2O/c21-18(11-10-14-6-2-1-3-7-14)20-16-12-15-8-4-5-9-17(15)19-13-16/h1-13H,(H,20,21)/b11-10-. The summed E-state index contributed by atoms with van der Waals surface area (Å²) in [6.45, 7) is 0. The molecule has 0 bridgehead atoms. The predicted molar refractivity (Wildman–Crippen MR) is 85.8 cm³/mol. The molecule has 1 N–H and O–H groups in total. The van der Waals surface area contributed by atoms with Crippen molar-refractivity contribution in [1.82, 2.24) is 4.98 Å². The zero-order valence-electron chi connectivity index (χ0n) is 11.4. The smallest absolute Gasteiger partial charge is 0.248 e. The van der Waals surface area contributed by atoms with Crippen LogP contribution in [-0.2, 0) is 4.79 Å². The molecule has 0 aliphatic carbocycles. The fourth-order valence-electron chi connectivity index (χ4n) is 2.06. The predicted octanol–water partition coefficient (Wildman–Crippen LogP) is 3.89. The van der Waals surface area contributed by atoms with Crippen molar-refractivity contribution in [2.45, 2.75) is 0 Å². The topological polar surface area (TPSA) is 42.0 Å². The molecule has 1 aromatic heterocycles. The van der Waals surface area contributed by atoms with Gasteiger partial charge in [-0.05, 0) is 23.8 Å². The molecular formula is C18H14N2O. The Bertz CT molecular complexity index is 794. The van der Waals surface area contributed by atoms with E-state index in [1.165, 1.54) is 6.08 Å². The van der Waals surface area contributed by atoms with Gasteiger partial charge in [-0.15, -0.1) is 0 Å². The average molecular weight is 274 g/mol. The number of rotatable bonds is 3. The number of nitrogens with zero attached hydrogens (tertiary/aromatic N) is 1. The Balaban J connectivity index is 1.73. The van der Waals surface area contributed by atoms with Crippen LogP contribution in [0.25, 0.3) is 17.0 Å². The molecular weight excluding hydrogens is 260 g/mol. The van der Waals surface area contributed by atoms with Gasteiger partial charge in [0.2, 0.25) is 5.91 Å². The molecule has 2 aromatic carbocycles. The van der Waals surface area contributed by atoms with Crippen LogP contribution in [0, 0.1) is 0 Å². The second-order valence-electron chi connectivity index (χ2n) is 4.65. The molecule has 0 saturated carbocycles. The highest BCUT2D eigenvalue weighted by Gasteiger charge is 2.00. The highest BCUT2D eigenvalue weighted by atomic mass is 16.1. The van der Waals surface area contributed by atoms with Crippen LogP contribution < -0.4 is 5.32 Å². The third kappa shape index (κ3) is 3.34. The van der Waals surface area contributed by atoms with Crippen molar-refractivity contribution in [3.05, 3.63) is 78.5 Å². The monoisotopic (exact) mass is 274 g/mol. The molecule has 0 fully saturated rings. The minimum atomic E-state index is -0.170. The molecule has 3 nitrogen and oxygen atoms in total. The van der Waals surface area contributed by atoms with Crippen molar-refractivity contribution < 1.29 is 4.79 Å². The van der Waals surface area contributed by atoms with Gasteiger partial charge >= 0.3 is 0 Å². The van der Waals surface area contributed by atoms with Crippen molar-refractivity contribution in [3.63, 3.8) is 0 Å². The molecule has 0 unspecified atom stereocenters. The molecule has 0 aliphatic heterocycles. The van der Waals surface area contributed by atoms with Crippen molar-refractivity contribution >= 4 is 28.6 Å². The summed E-state index contributed by atoms with van der Waals surface area (Å²) in [4.78, 5) is 16.2. The molecule has 0 saturated heterocycles. The number of aromatic nitrogens is 1. The Labute approximate surface area is 123 Å². The number of hydrogen-bond donors (Lipinski definition) is 1. The molecule has 3 rings (SSSR count). The molecule has 21 heavy (non-hydrogen) atoms. The SMILES string of the molecule is O=C(/C=C\c1ccccc1)Nc1cnc2ccccc2c1. The first kappa shape index (κ1) is 13.1. The summed E-state index contributed by atoms with van der Waals surface area (Å²) in [6, 6.07) is 19.4. The second-order valence-corrected chi connectivity index (χ2v) is 4.65. The summed E-state index contributed by atoms with van der Waals surface area (Å²) in [7, 11) is 0. The van der Waals surface area contributed by atoms with Crippen LogP contribution in [0.5, 0.6) is 0 Å². The quantitative estimate of drug-likeness (QED) is 0.736. The zero-order valence-corrected chi connectivity index (χ0v) is 11.4. The third-order valence-electron chi connectivity index (χ3n) is 3.08. The number of nitrogens with one attached hydrogen (secondary N) is 1. The van der Waals surface area contributed by atoms with Crippen molar-refractivity contribution in [2.24, 2.45) is 0 Å². The molecule has 1 amide bonds. The Kier molecular flexibility index (Phi) is 3.74. The maximum atomic E-state index is 11.9. The van der Waals surface area contributed by atoms with Gasteiger partial charge in [0.1, 0.15) is 0 Å². The number of pyridine rings is 1. The lowest BCUT2D eigenvalue weighted by molar-refractivity contribution is -0.111. The minimum absolute atomic E-state index is 0.170. The zero-order chi connectivity index (χ0) is 14.5. The van der Waals surface area contributed by atoms with E-state index in [1.807, 2.05) is 60.7 Å². The van der Waals surface area contributed by atoms with Crippen molar-refractivity contribution in [2.75, 3.05) is 5.32 Å².